The van der Waals surface area contributed by atoms with Gasteiger partial charge < -0.3 is 10.4 Å². The molecule has 2 unspecified atom stereocenters. The molecule has 1 aliphatic carbocycles. The van der Waals surface area contributed by atoms with Gasteiger partial charge in [-0.1, -0.05) is 48.2 Å². The van der Waals surface area contributed by atoms with Crippen molar-refractivity contribution < 1.29 is 5.11 Å². The Labute approximate surface area is 133 Å². The number of rotatable bonds is 8. The van der Waals surface area contributed by atoms with Crippen molar-refractivity contribution in [1.29, 1.82) is 0 Å². The van der Waals surface area contributed by atoms with E-state index >= 15 is 0 Å². The third kappa shape index (κ3) is 3.88. The molecule has 0 saturated heterocycles. The molecule has 2 N–H and O–H groups in total. The lowest BCUT2D eigenvalue weighted by molar-refractivity contribution is 0.124. The molecule has 0 spiro atoms. The van der Waals surface area contributed by atoms with E-state index in [0.29, 0.717) is 5.92 Å². The molecular formula is C13H23N3OS3. The second kappa shape index (κ2) is 7.98. The number of aromatic nitrogens is 2. The molecule has 1 saturated carbocycles. The largest absolute Gasteiger partial charge is 0.394 e. The molecule has 1 aliphatic rings. The van der Waals surface area contributed by atoms with Gasteiger partial charge in [0.1, 0.15) is 0 Å². The third-order valence-electron chi connectivity index (χ3n) is 4.02. The molecule has 4 nitrogen and oxygen atoms in total. The van der Waals surface area contributed by atoms with E-state index in [2.05, 4.69) is 22.4 Å². The van der Waals surface area contributed by atoms with Crippen LogP contribution in [0, 0.1) is 5.92 Å². The number of nitrogens with one attached hydrogen (secondary N) is 1. The van der Waals surface area contributed by atoms with Crippen LogP contribution in [-0.4, -0.2) is 46.0 Å². The van der Waals surface area contributed by atoms with Gasteiger partial charge in [0, 0.05) is 11.3 Å². The summed E-state index contributed by atoms with van der Waals surface area (Å²) < 4.78 is 2.09. The van der Waals surface area contributed by atoms with Crippen molar-refractivity contribution in [2.45, 2.75) is 46.8 Å². The van der Waals surface area contributed by atoms with Crippen LogP contribution < -0.4 is 5.32 Å². The van der Waals surface area contributed by atoms with E-state index in [-0.39, 0.29) is 12.1 Å². The highest BCUT2D eigenvalue weighted by atomic mass is 32.2. The van der Waals surface area contributed by atoms with Gasteiger partial charge >= 0.3 is 0 Å². The van der Waals surface area contributed by atoms with Crippen LogP contribution in [0.15, 0.2) is 8.68 Å². The minimum Gasteiger partial charge on any atom is -0.394 e. The van der Waals surface area contributed by atoms with Gasteiger partial charge in [-0.3, -0.25) is 0 Å². The molecule has 0 amide bonds. The number of hydrogen-bond acceptors (Lipinski definition) is 7. The van der Waals surface area contributed by atoms with Gasteiger partial charge in [0.05, 0.1) is 6.61 Å². The van der Waals surface area contributed by atoms with Crippen LogP contribution in [0.3, 0.4) is 0 Å². The summed E-state index contributed by atoms with van der Waals surface area (Å²) in [7, 11) is 0. The summed E-state index contributed by atoms with van der Waals surface area (Å²) in [4.78, 5) is 0. The highest BCUT2D eigenvalue weighted by molar-refractivity contribution is 8.02. The monoisotopic (exact) mass is 333 g/mol. The minimum absolute atomic E-state index is 0.0408. The van der Waals surface area contributed by atoms with E-state index in [4.69, 9.17) is 0 Å². The van der Waals surface area contributed by atoms with Gasteiger partial charge in [-0.05, 0) is 38.0 Å². The van der Waals surface area contributed by atoms with Crippen molar-refractivity contribution in [2.24, 2.45) is 5.92 Å². The number of aliphatic hydroxyl groups excluding tert-OH is 1. The molecule has 1 fully saturated rings. The highest BCUT2D eigenvalue weighted by Crippen LogP contribution is 2.39. The first-order valence-corrected chi connectivity index (χ1v) is 10.1. The fraction of sp³-hybridized carbons (Fsp3) is 0.846. The molecular weight excluding hydrogens is 310 g/mol. The van der Waals surface area contributed by atoms with E-state index in [9.17, 15) is 5.11 Å². The summed E-state index contributed by atoms with van der Waals surface area (Å²) in [6.07, 6.45) is 6.70. The van der Waals surface area contributed by atoms with E-state index < -0.39 is 0 Å². The molecule has 1 aromatic rings. The summed E-state index contributed by atoms with van der Waals surface area (Å²) in [5.41, 5.74) is -0.0408. The SMILES string of the molecule is CCNC1(CO)CCCC1CCSc1nnc(SC)s1. The van der Waals surface area contributed by atoms with Gasteiger partial charge in [0.15, 0.2) is 8.68 Å². The van der Waals surface area contributed by atoms with Crippen LogP contribution in [0.5, 0.6) is 0 Å². The average Bonchev–Trinajstić information content (AvgIpc) is 3.07. The maximum atomic E-state index is 9.78. The Kier molecular flexibility index (Phi) is 6.61. The van der Waals surface area contributed by atoms with Gasteiger partial charge in [-0.15, -0.1) is 10.2 Å². The quantitative estimate of drug-likeness (QED) is 0.714. The van der Waals surface area contributed by atoms with E-state index in [1.165, 1.54) is 12.8 Å². The molecule has 0 aliphatic heterocycles. The van der Waals surface area contributed by atoms with Gasteiger partial charge in [-0.25, -0.2) is 0 Å². The molecule has 2 atom stereocenters. The molecule has 114 valence electrons. The van der Waals surface area contributed by atoms with Crippen LogP contribution >= 0.6 is 34.9 Å². The van der Waals surface area contributed by atoms with Crippen molar-refractivity contribution in [1.82, 2.24) is 15.5 Å². The number of hydrogen-bond donors (Lipinski definition) is 2. The summed E-state index contributed by atoms with van der Waals surface area (Å²) in [5, 5.41) is 21.6. The van der Waals surface area contributed by atoms with Crippen LogP contribution in [0.1, 0.15) is 32.6 Å². The van der Waals surface area contributed by atoms with Crippen LogP contribution in [0.25, 0.3) is 0 Å². The first kappa shape index (κ1) is 16.5. The number of likely N-dealkylation sites (N-methyl/N-ethyl adjacent to an activating group) is 1. The average molecular weight is 334 g/mol. The zero-order chi connectivity index (χ0) is 14.4. The van der Waals surface area contributed by atoms with Crippen molar-refractivity contribution in [3.63, 3.8) is 0 Å². The van der Waals surface area contributed by atoms with Gasteiger partial charge in [0.2, 0.25) is 0 Å². The molecule has 1 aromatic heterocycles. The zero-order valence-electron chi connectivity index (χ0n) is 12.1. The summed E-state index contributed by atoms with van der Waals surface area (Å²) in [5.74, 6) is 1.63. The summed E-state index contributed by atoms with van der Waals surface area (Å²) >= 11 is 5.11. The maximum absolute atomic E-state index is 9.78. The lowest BCUT2D eigenvalue weighted by atomic mass is 9.86. The van der Waals surface area contributed by atoms with Crippen LogP contribution in [0.2, 0.25) is 0 Å². The van der Waals surface area contributed by atoms with Crippen LogP contribution in [-0.2, 0) is 0 Å². The van der Waals surface area contributed by atoms with Crippen molar-refractivity contribution in [2.75, 3.05) is 25.2 Å². The van der Waals surface area contributed by atoms with E-state index in [1.54, 1.807) is 34.9 Å². The Morgan fingerprint density at radius 3 is 2.90 bits per heavy atom. The zero-order valence-corrected chi connectivity index (χ0v) is 14.5. The van der Waals surface area contributed by atoms with Crippen LogP contribution in [0.4, 0.5) is 0 Å². The van der Waals surface area contributed by atoms with Crippen molar-refractivity contribution >= 4 is 34.9 Å². The van der Waals surface area contributed by atoms with Gasteiger partial charge in [-0.2, -0.15) is 0 Å². The summed E-state index contributed by atoms with van der Waals surface area (Å²) in [6, 6.07) is 0. The molecule has 0 radical (unpaired) electrons. The molecule has 20 heavy (non-hydrogen) atoms. The minimum atomic E-state index is -0.0408. The predicted molar refractivity (Wildman–Crippen MR) is 87.9 cm³/mol. The molecule has 7 heteroatoms. The predicted octanol–water partition coefficient (Wildman–Crippen LogP) is 2.88. The standard InChI is InChI=1S/C13H23N3OS3/c1-3-14-13(9-17)7-4-5-10(13)6-8-19-12-16-15-11(18-2)20-12/h10,14,17H,3-9H2,1-2H3. The molecule has 0 aromatic carbocycles. The Balaban J connectivity index is 1.83. The first-order valence-electron chi connectivity index (χ1n) is 7.10. The molecule has 2 rings (SSSR count). The van der Waals surface area contributed by atoms with E-state index in [0.717, 1.165) is 33.8 Å². The number of thioether (sulfide) groups is 2. The smallest absolute Gasteiger partial charge is 0.175 e. The second-order valence-corrected chi connectivity index (χ2v) is 8.48. The fourth-order valence-corrected chi connectivity index (χ4v) is 5.60. The Morgan fingerprint density at radius 2 is 2.25 bits per heavy atom. The normalized spacial score (nSPS) is 26.2. The topological polar surface area (TPSA) is 58.0 Å². The lowest BCUT2D eigenvalue weighted by Gasteiger charge is -2.34. The summed E-state index contributed by atoms with van der Waals surface area (Å²) in [6.45, 7) is 3.30. The first-order chi connectivity index (χ1) is 9.74. The third-order valence-corrected chi connectivity index (χ3v) is 7.09. The Hall–Kier alpha value is 0.180. The highest BCUT2D eigenvalue weighted by Gasteiger charge is 2.41. The number of nitrogens with zero attached hydrogens (tertiary/aromatic N) is 2. The number of aliphatic hydroxyl groups is 1. The lowest BCUT2D eigenvalue weighted by Crippen LogP contribution is -2.51. The molecule has 0 bridgehead atoms. The Morgan fingerprint density at radius 1 is 1.45 bits per heavy atom. The Bertz CT molecular complexity index is 415. The fourth-order valence-electron chi connectivity index (χ4n) is 3.04. The van der Waals surface area contributed by atoms with Gasteiger partial charge in [0.25, 0.3) is 0 Å². The van der Waals surface area contributed by atoms with Crippen molar-refractivity contribution in [3.8, 4) is 0 Å². The van der Waals surface area contributed by atoms with Crippen molar-refractivity contribution in [3.05, 3.63) is 0 Å². The molecule has 1 heterocycles. The van der Waals surface area contributed by atoms with E-state index in [1.807, 2.05) is 6.26 Å². The second-order valence-electron chi connectivity index (χ2n) is 5.11. The maximum Gasteiger partial charge on any atom is 0.175 e.